The molecule has 166 valence electrons. The quantitative estimate of drug-likeness (QED) is 0.556. The van der Waals surface area contributed by atoms with E-state index in [1.807, 2.05) is 31.2 Å². The van der Waals surface area contributed by atoms with Crippen molar-refractivity contribution in [2.75, 3.05) is 32.9 Å². The molecular weight excluding hydrogens is 410 g/mol. The van der Waals surface area contributed by atoms with Gasteiger partial charge < -0.3 is 19.7 Å². The van der Waals surface area contributed by atoms with Crippen LogP contribution in [0.3, 0.4) is 0 Å². The maximum absolute atomic E-state index is 12.7. The molecule has 2 fully saturated rings. The molecule has 32 heavy (non-hydrogen) atoms. The fraction of sp³-hybridized carbons (Fsp3) is 0.292. The molecule has 0 radical (unpaired) electrons. The second-order valence-corrected chi connectivity index (χ2v) is 7.72. The molecule has 4 rings (SSSR count). The van der Waals surface area contributed by atoms with Crippen LogP contribution >= 0.6 is 0 Å². The van der Waals surface area contributed by atoms with Gasteiger partial charge in [-0.3, -0.25) is 14.5 Å². The van der Waals surface area contributed by atoms with Crippen molar-refractivity contribution in [1.29, 1.82) is 0 Å². The maximum Gasteiger partial charge on any atom is 0.329 e. The average Bonchev–Trinajstić information content (AvgIpc) is 3.07. The molecule has 2 aliphatic heterocycles. The first-order chi connectivity index (χ1) is 15.5. The lowest BCUT2D eigenvalue weighted by atomic mass is 10.1. The second kappa shape index (κ2) is 9.65. The molecule has 0 aliphatic carbocycles. The Morgan fingerprint density at radius 1 is 1.06 bits per heavy atom. The van der Waals surface area contributed by atoms with E-state index in [0.717, 1.165) is 16.7 Å². The van der Waals surface area contributed by atoms with Crippen molar-refractivity contribution in [3.05, 3.63) is 70.9 Å². The molecular formula is C24H25N3O5. The van der Waals surface area contributed by atoms with E-state index in [4.69, 9.17) is 9.47 Å². The summed E-state index contributed by atoms with van der Waals surface area (Å²) in [5, 5.41) is 2.63. The number of nitrogens with zero attached hydrogens (tertiary/aromatic N) is 2. The van der Waals surface area contributed by atoms with Gasteiger partial charge in [0.1, 0.15) is 11.4 Å². The van der Waals surface area contributed by atoms with Crippen molar-refractivity contribution in [1.82, 2.24) is 15.1 Å². The highest BCUT2D eigenvalue weighted by Gasteiger charge is 2.33. The molecule has 0 unspecified atom stereocenters. The first-order valence-corrected chi connectivity index (χ1v) is 10.5. The van der Waals surface area contributed by atoms with Gasteiger partial charge >= 0.3 is 6.03 Å². The molecule has 2 heterocycles. The molecule has 1 N–H and O–H groups in total. The number of hydrogen-bond donors (Lipinski definition) is 1. The molecule has 8 heteroatoms. The SMILES string of the molecule is Cc1ccc(CN2C(=O)N/C(=C\c3ccc(OCC(=O)N4CCOCC4)cc3)C2=O)cc1. The molecule has 0 bridgehead atoms. The van der Waals surface area contributed by atoms with Crippen LogP contribution < -0.4 is 10.1 Å². The zero-order valence-corrected chi connectivity index (χ0v) is 17.9. The molecule has 4 amide bonds. The Kier molecular flexibility index (Phi) is 6.51. The third-order valence-corrected chi connectivity index (χ3v) is 5.34. The Balaban J connectivity index is 1.35. The number of carbonyl (C=O) groups is 3. The fourth-order valence-electron chi connectivity index (χ4n) is 3.47. The number of hydrogen-bond acceptors (Lipinski definition) is 5. The molecule has 0 atom stereocenters. The zero-order valence-electron chi connectivity index (χ0n) is 17.9. The Morgan fingerprint density at radius 2 is 1.75 bits per heavy atom. The van der Waals surface area contributed by atoms with E-state index in [2.05, 4.69) is 5.32 Å². The van der Waals surface area contributed by atoms with Gasteiger partial charge in [-0.2, -0.15) is 0 Å². The van der Waals surface area contributed by atoms with Crippen molar-refractivity contribution in [3.8, 4) is 5.75 Å². The van der Waals surface area contributed by atoms with Crippen molar-refractivity contribution in [2.24, 2.45) is 0 Å². The Morgan fingerprint density at radius 3 is 2.44 bits per heavy atom. The maximum atomic E-state index is 12.7. The van der Waals surface area contributed by atoms with Crippen LogP contribution in [0.4, 0.5) is 4.79 Å². The Labute approximate surface area is 186 Å². The summed E-state index contributed by atoms with van der Waals surface area (Å²) in [6.45, 7) is 4.41. The number of aryl methyl sites for hydroxylation is 1. The van der Waals surface area contributed by atoms with Crippen LogP contribution in [0.1, 0.15) is 16.7 Å². The lowest BCUT2D eigenvalue weighted by Gasteiger charge is -2.26. The minimum atomic E-state index is -0.441. The number of benzene rings is 2. The van der Waals surface area contributed by atoms with E-state index in [-0.39, 0.29) is 30.7 Å². The number of ether oxygens (including phenoxy) is 2. The minimum absolute atomic E-state index is 0.0387. The lowest BCUT2D eigenvalue weighted by molar-refractivity contribution is -0.137. The summed E-state index contributed by atoms with van der Waals surface area (Å²) in [6.07, 6.45) is 1.62. The largest absolute Gasteiger partial charge is 0.484 e. The molecule has 0 spiro atoms. The van der Waals surface area contributed by atoms with E-state index in [1.54, 1.807) is 35.2 Å². The number of morpholine rings is 1. The van der Waals surface area contributed by atoms with Crippen LogP contribution in [0.25, 0.3) is 6.08 Å². The molecule has 2 saturated heterocycles. The highest BCUT2D eigenvalue weighted by molar-refractivity contribution is 6.13. The van der Waals surface area contributed by atoms with Crippen molar-refractivity contribution in [3.63, 3.8) is 0 Å². The Hall–Kier alpha value is -3.65. The highest BCUT2D eigenvalue weighted by atomic mass is 16.5. The van der Waals surface area contributed by atoms with Gasteiger partial charge in [-0.05, 0) is 36.3 Å². The second-order valence-electron chi connectivity index (χ2n) is 7.72. The summed E-state index contributed by atoms with van der Waals surface area (Å²) in [5.41, 5.74) is 2.95. The van der Waals surface area contributed by atoms with Gasteiger partial charge in [0.05, 0.1) is 19.8 Å². The summed E-state index contributed by atoms with van der Waals surface area (Å²) in [6, 6.07) is 14.2. The average molecular weight is 435 g/mol. The molecule has 2 aromatic carbocycles. The van der Waals surface area contributed by atoms with Crippen molar-refractivity contribution < 1.29 is 23.9 Å². The summed E-state index contributed by atoms with van der Waals surface area (Å²) in [4.78, 5) is 40.0. The van der Waals surface area contributed by atoms with E-state index < -0.39 is 6.03 Å². The normalized spacial score (nSPS) is 17.6. The van der Waals surface area contributed by atoms with Crippen LogP contribution in [-0.2, 0) is 20.9 Å². The molecule has 2 aromatic rings. The molecule has 0 aromatic heterocycles. The number of carbonyl (C=O) groups excluding carboxylic acids is 3. The van der Waals surface area contributed by atoms with Crippen LogP contribution in [0.5, 0.6) is 5.75 Å². The number of rotatable bonds is 6. The third kappa shape index (κ3) is 5.15. The van der Waals surface area contributed by atoms with Gasteiger partial charge in [0.2, 0.25) is 0 Å². The topological polar surface area (TPSA) is 88.2 Å². The van der Waals surface area contributed by atoms with E-state index in [0.29, 0.717) is 32.1 Å². The number of amides is 4. The number of nitrogens with one attached hydrogen (secondary N) is 1. The van der Waals surface area contributed by atoms with Crippen molar-refractivity contribution >= 4 is 23.9 Å². The number of imide groups is 1. The highest BCUT2D eigenvalue weighted by Crippen LogP contribution is 2.19. The summed E-state index contributed by atoms with van der Waals surface area (Å²) in [7, 11) is 0. The monoisotopic (exact) mass is 435 g/mol. The van der Waals surface area contributed by atoms with E-state index >= 15 is 0 Å². The smallest absolute Gasteiger partial charge is 0.329 e. The van der Waals surface area contributed by atoms with Crippen LogP contribution in [0.2, 0.25) is 0 Å². The zero-order chi connectivity index (χ0) is 22.5. The minimum Gasteiger partial charge on any atom is -0.484 e. The Bertz CT molecular complexity index is 1020. The summed E-state index contributed by atoms with van der Waals surface area (Å²) >= 11 is 0. The molecule has 2 aliphatic rings. The van der Waals surface area contributed by atoms with Gasteiger partial charge in [0, 0.05) is 13.1 Å². The van der Waals surface area contributed by atoms with Crippen molar-refractivity contribution in [2.45, 2.75) is 13.5 Å². The van der Waals surface area contributed by atoms with E-state index in [1.165, 1.54) is 4.90 Å². The standard InChI is InChI=1S/C24H25N3O5/c1-17-2-4-19(5-3-17)15-27-23(29)21(25-24(27)30)14-18-6-8-20(9-7-18)32-16-22(28)26-10-12-31-13-11-26/h2-9,14H,10-13,15-16H2,1H3,(H,25,30)/b21-14-. The predicted molar refractivity (Wildman–Crippen MR) is 118 cm³/mol. The third-order valence-electron chi connectivity index (χ3n) is 5.34. The molecule has 0 saturated carbocycles. The van der Waals surface area contributed by atoms with Crippen LogP contribution in [-0.4, -0.2) is 60.6 Å². The van der Waals surface area contributed by atoms with Gasteiger partial charge in [0.25, 0.3) is 11.8 Å². The van der Waals surface area contributed by atoms with Crippen LogP contribution in [0, 0.1) is 6.92 Å². The molecule has 8 nitrogen and oxygen atoms in total. The van der Waals surface area contributed by atoms with Gasteiger partial charge in [-0.15, -0.1) is 0 Å². The predicted octanol–water partition coefficient (Wildman–Crippen LogP) is 2.33. The van der Waals surface area contributed by atoms with E-state index in [9.17, 15) is 14.4 Å². The first-order valence-electron chi connectivity index (χ1n) is 10.5. The summed E-state index contributed by atoms with van der Waals surface area (Å²) in [5.74, 6) is 0.107. The van der Waals surface area contributed by atoms with Gasteiger partial charge in [-0.1, -0.05) is 42.0 Å². The van der Waals surface area contributed by atoms with Crippen LogP contribution in [0.15, 0.2) is 54.2 Å². The summed E-state index contributed by atoms with van der Waals surface area (Å²) < 4.78 is 10.8. The lowest BCUT2D eigenvalue weighted by Crippen LogP contribution is -2.42. The fourth-order valence-corrected chi connectivity index (χ4v) is 3.47. The van der Waals surface area contributed by atoms with Gasteiger partial charge in [-0.25, -0.2) is 4.79 Å². The van der Waals surface area contributed by atoms with Gasteiger partial charge in [0.15, 0.2) is 6.61 Å². The first kappa shape index (κ1) is 21.6. The number of urea groups is 1.